The summed E-state index contributed by atoms with van der Waals surface area (Å²) in [6.45, 7) is 3.01. The molecule has 3 rings (SSSR count). The molecule has 19 heavy (non-hydrogen) atoms. The summed E-state index contributed by atoms with van der Waals surface area (Å²) in [4.78, 5) is 2.29. The smallest absolute Gasteiger partial charge is 0.102 e. The zero-order valence-electron chi connectivity index (χ0n) is 10.7. The molecule has 0 bridgehead atoms. The fourth-order valence-corrected chi connectivity index (χ4v) is 2.69. The fourth-order valence-electron chi connectivity index (χ4n) is 2.28. The van der Waals surface area contributed by atoms with Crippen molar-refractivity contribution in [2.75, 3.05) is 18.1 Å². The highest BCUT2D eigenvalue weighted by molar-refractivity contribution is 9.10. The first-order valence-corrected chi connectivity index (χ1v) is 6.98. The molecular weight excluding hydrogens is 308 g/mol. The average molecular weight is 323 g/mol. The second-order valence-electron chi connectivity index (χ2n) is 4.63. The van der Waals surface area contributed by atoms with Crippen LogP contribution in [-0.2, 0) is 24.9 Å². The molecule has 1 aromatic heterocycles. The summed E-state index contributed by atoms with van der Waals surface area (Å²) < 4.78 is 8.45. The van der Waals surface area contributed by atoms with Gasteiger partial charge in [0.25, 0.3) is 0 Å². The van der Waals surface area contributed by atoms with Crippen molar-refractivity contribution in [3.05, 3.63) is 40.1 Å². The average Bonchev–Trinajstić information content (AvgIpc) is 2.68. The van der Waals surface area contributed by atoms with E-state index >= 15 is 0 Å². The molecule has 100 valence electrons. The van der Waals surface area contributed by atoms with Crippen molar-refractivity contribution < 1.29 is 4.74 Å². The second-order valence-corrected chi connectivity index (χ2v) is 5.55. The number of halogens is 1. The number of hydrogen-bond donors (Lipinski definition) is 0. The van der Waals surface area contributed by atoms with E-state index in [9.17, 15) is 0 Å². The number of aryl methyl sites for hydroxylation is 1. The first kappa shape index (κ1) is 12.6. The SMILES string of the molecule is Cn1cc(CN2CCOCc3cc(Br)ccc32)nn1. The number of rotatable bonds is 2. The first-order valence-electron chi connectivity index (χ1n) is 6.19. The van der Waals surface area contributed by atoms with Gasteiger partial charge >= 0.3 is 0 Å². The van der Waals surface area contributed by atoms with E-state index in [2.05, 4.69) is 49.3 Å². The lowest BCUT2D eigenvalue weighted by Crippen LogP contribution is -2.25. The Bertz CT molecular complexity index is 584. The Morgan fingerprint density at radius 3 is 3.11 bits per heavy atom. The lowest BCUT2D eigenvalue weighted by molar-refractivity contribution is 0.132. The molecule has 0 atom stereocenters. The molecule has 1 aliphatic heterocycles. The van der Waals surface area contributed by atoms with Gasteiger partial charge in [0.05, 0.1) is 19.8 Å². The van der Waals surface area contributed by atoms with Gasteiger partial charge in [-0.2, -0.15) is 0 Å². The van der Waals surface area contributed by atoms with E-state index in [0.717, 1.165) is 29.9 Å². The van der Waals surface area contributed by atoms with Gasteiger partial charge in [0, 0.05) is 35.5 Å². The van der Waals surface area contributed by atoms with Crippen LogP contribution >= 0.6 is 15.9 Å². The lowest BCUT2D eigenvalue weighted by atomic mass is 10.1. The Morgan fingerprint density at radius 1 is 1.42 bits per heavy atom. The standard InChI is InChI=1S/C13H15BrN4O/c1-17-7-12(15-16-17)8-18-4-5-19-9-10-6-11(14)2-3-13(10)18/h2-3,6-7H,4-5,8-9H2,1H3. The van der Waals surface area contributed by atoms with Crippen molar-refractivity contribution in [2.45, 2.75) is 13.2 Å². The van der Waals surface area contributed by atoms with Crippen LogP contribution in [0.15, 0.2) is 28.9 Å². The maximum Gasteiger partial charge on any atom is 0.102 e. The number of aromatic nitrogens is 3. The summed E-state index contributed by atoms with van der Waals surface area (Å²) >= 11 is 3.51. The maximum atomic E-state index is 5.65. The molecule has 5 nitrogen and oxygen atoms in total. The number of fused-ring (bicyclic) bond motifs is 1. The van der Waals surface area contributed by atoms with Gasteiger partial charge in [-0.3, -0.25) is 4.68 Å². The Morgan fingerprint density at radius 2 is 2.32 bits per heavy atom. The van der Waals surface area contributed by atoms with E-state index in [4.69, 9.17) is 4.74 Å². The van der Waals surface area contributed by atoms with Crippen LogP contribution in [0.2, 0.25) is 0 Å². The van der Waals surface area contributed by atoms with Crippen LogP contribution in [0.4, 0.5) is 5.69 Å². The van der Waals surface area contributed by atoms with Gasteiger partial charge in [-0.15, -0.1) is 5.10 Å². The molecule has 2 aromatic rings. The van der Waals surface area contributed by atoms with E-state index in [-0.39, 0.29) is 0 Å². The fraction of sp³-hybridized carbons (Fsp3) is 0.385. The van der Waals surface area contributed by atoms with Crippen LogP contribution in [0.25, 0.3) is 0 Å². The number of hydrogen-bond acceptors (Lipinski definition) is 4. The van der Waals surface area contributed by atoms with Gasteiger partial charge in [-0.05, 0) is 18.2 Å². The molecule has 6 heteroatoms. The number of anilines is 1. The van der Waals surface area contributed by atoms with Crippen molar-refractivity contribution in [1.29, 1.82) is 0 Å². The minimum atomic E-state index is 0.658. The summed E-state index contributed by atoms with van der Waals surface area (Å²) in [5.41, 5.74) is 3.39. The molecular formula is C13H15BrN4O. The van der Waals surface area contributed by atoms with Gasteiger partial charge < -0.3 is 9.64 Å². The van der Waals surface area contributed by atoms with Crippen LogP contribution in [0, 0.1) is 0 Å². The van der Waals surface area contributed by atoms with Gasteiger partial charge in [0.2, 0.25) is 0 Å². The predicted octanol–water partition coefficient (Wildman–Crippen LogP) is 2.11. The first-order chi connectivity index (χ1) is 9.22. The molecule has 0 amide bonds. The van der Waals surface area contributed by atoms with E-state index in [1.54, 1.807) is 4.68 Å². The predicted molar refractivity (Wildman–Crippen MR) is 75.9 cm³/mol. The molecule has 0 aliphatic carbocycles. The Kier molecular flexibility index (Phi) is 3.52. The van der Waals surface area contributed by atoms with Crippen LogP contribution in [0.1, 0.15) is 11.3 Å². The van der Waals surface area contributed by atoms with E-state index in [0.29, 0.717) is 6.61 Å². The summed E-state index contributed by atoms with van der Waals surface area (Å²) in [5.74, 6) is 0. The lowest BCUT2D eigenvalue weighted by Gasteiger charge is -2.23. The summed E-state index contributed by atoms with van der Waals surface area (Å²) in [6, 6.07) is 6.31. The topological polar surface area (TPSA) is 43.2 Å². The Labute approximate surface area is 120 Å². The van der Waals surface area contributed by atoms with Crippen LogP contribution < -0.4 is 4.90 Å². The van der Waals surface area contributed by atoms with E-state index in [1.807, 2.05) is 13.2 Å². The third-order valence-electron chi connectivity index (χ3n) is 3.15. The quantitative estimate of drug-likeness (QED) is 0.849. The Balaban J connectivity index is 1.89. The van der Waals surface area contributed by atoms with Crippen molar-refractivity contribution in [3.63, 3.8) is 0 Å². The van der Waals surface area contributed by atoms with Gasteiger partial charge in [0.15, 0.2) is 0 Å². The molecule has 0 fully saturated rings. The third-order valence-corrected chi connectivity index (χ3v) is 3.64. The number of benzene rings is 1. The highest BCUT2D eigenvalue weighted by Gasteiger charge is 2.17. The largest absolute Gasteiger partial charge is 0.375 e. The molecule has 0 spiro atoms. The van der Waals surface area contributed by atoms with Crippen molar-refractivity contribution in [1.82, 2.24) is 15.0 Å². The molecule has 0 N–H and O–H groups in total. The monoisotopic (exact) mass is 322 g/mol. The molecule has 1 aliphatic rings. The molecule has 1 aromatic carbocycles. The molecule has 0 saturated carbocycles. The van der Waals surface area contributed by atoms with Gasteiger partial charge in [-0.1, -0.05) is 21.1 Å². The highest BCUT2D eigenvalue weighted by Crippen LogP contribution is 2.28. The number of nitrogens with zero attached hydrogens (tertiary/aromatic N) is 4. The van der Waals surface area contributed by atoms with Crippen LogP contribution in [-0.4, -0.2) is 28.1 Å². The Hall–Kier alpha value is -1.40. The summed E-state index contributed by atoms with van der Waals surface area (Å²) in [7, 11) is 1.88. The van der Waals surface area contributed by atoms with Crippen LogP contribution in [0.3, 0.4) is 0 Å². The van der Waals surface area contributed by atoms with Crippen molar-refractivity contribution in [3.8, 4) is 0 Å². The molecule has 0 unspecified atom stereocenters. The van der Waals surface area contributed by atoms with Gasteiger partial charge in [-0.25, -0.2) is 0 Å². The van der Waals surface area contributed by atoms with Crippen molar-refractivity contribution in [2.24, 2.45) is 7.05 Å². The van der Waals surface area contributed by atoms with E-state index < -0.39 is 0 Å². The highest BCUT2D eigenvalue weighted by atomic mass is 79.9. The van der Waals surface area contributed by atoms with Crippen LogP contribution in [0.5, 0.6) is 0 Å². The zero-order valence-corrected chi connectivity index (χ0v) is 12.3. The second kappa shape index (κ2) is 5.30. The summed E-state index contributed by atoms with van der Waals surface area (Å²) in [5, 5.41) is 8.13. The zero-order chi connectivity index (χ0) is 13.2. The molecule has 2 heterocycles. The van der Waals surface area contributed by atoms with E-state index in [1.165, 1.54) is 11.3 Å². The number of ether oxygens (including phenoxy) is 1. The maximum absolute atomic E-state index is 5.65. The minimum Gasteiger partial charge on any atom is -0.375 e. The summed E-state index contributed by atoms with van der Waals surface area (Å²) in [6.07, 6.45) is 1.95. The third kappa shape index (κ3) is 2.79. The minimum absolute atomic E-state index is 0.658. The molecule has 0 saturated heterocycles. The van der Waals surface area contributed by atoms with Gasteiger partial charge in [0.1, 0.15) is 5.69 Å². The van der Waals surface area contributed by atoms with Crippen molar-refractivity contribution >= 4 is 21.6 Å². The molecule has 0 radical (unpaired) electrons. The normalized spacial score (nSPS) is 15.2.